The Balaban J connectivity index is 2.21. The minimum absolute atomic E-state index is 0.460. The normalized spacial score (nSPS) is 22.2. The predicted molar refractivity (Wildman–Crippen MR) is 64.0 cm³/mol. The summed E-state index contributed by atoms with van der Waals surface area (Å²) in [5, 5.41) is 0. The fourth-order valence-electron chi connectivity index (χ4n) is 2.10. The average molecular weight is 214 g/mol. The molecule has 0 bridgehead atoms. The van der Waals surface area contributed by atoms with Gasteiger partial charge in [0.15, 0.2) is 0 Å². The molecule has 1 atom stereocenters. The Kier molecular flexibility index (Phi) is 6.98. The molecule has 0 radical (unpaired) electrons. The lowest BCUT2D eigenvalue weighted by Gasteiger charge is -2.29. The Hall–Kier alpha value is -0.120. The van der Waals surface area contributed by atoms with E-state index in [0.29, 0.717) is 6.10 Å². The average Bonchev–Trinajstić information content (AvgIpc) is 2.28. The molecular weight excluding hydrogens is 188 g/mol. The van der Waals surface area contributed by atoms with Crippen molar-refractivity contribution < 1.29 is 4.74 Å². The summed E-state index contributed by atoms with van der Waals surface area (Å²) in [7, 11) is 0. The summed E-state index contributed by atoms with van der Waals surface area (Å²) in [6, 6.07) is 0. The molecular formula is C12H26N2O. The van der Waals surface area contributed by atoms with Gasteiger partial charge in [0, 0.05) is 26.2 Å². The Bertz CT molecular complexity index is 147. The monoisotopic (exact) mass is 214 g/mol. The zero-order chi connectivity index (χ0) is 10.9. The fraction of sp³-hybridized carbons (Fsp3) is 1.00. The van der Waals surface area contributed by atoms with Crippen LogP contribution in [0.2, 0.25) is 0 Å². The van der Waals surface area contributed by atoms with E-state index in [-0.39, 0.29) is 0 Å². The number of hydrogen-bond acceptors (Lipinski definition) is 3. The highest BCUT2D eigenvalue weighted by Gasteiger charge is 2.16. The van der Waals surface area contributed by atoms with Crippen LogP contribution in [0.4, 0.5) is 0 Å². The minimum atomic E-state index is 0.460. The Morgan fingerprint density at radius 2 is 2.20 bits per heavy atom. The molecule has 2 N–H and O–H groups in total. The number of unbranched alkanes of at least 4 members (excludes halogenated alkanes) is 1. The van der Waals surface area contributed by atoms with Gasteiger partial charge in [0.2, 0.25) is 0 Å². The molecule has 1 aliphatic heterocycles. The second kappa shape index (κ2) is 8.08. The third kappa shape index (κ3) is 5.50. The summed E-state index contributed by atoms with van der Waals surface area (Å²) < 4.78 is 5.75. The molecule has 0 aromatic rings. The van der Waals surface area contributed by atoms with Crippen molar-refractivity contribution in [2.75, 3.05) is 32.8 Å². The first-order valence-electron chi connectivity index (χ1n) is 6.40. The molecule has 1 rings (SSSR count). The zero-order valence-electron chi connectivity index (χ0n) is 10.1. The highest BCUT2D eigenvalue weighted by molar-refractivity contribution is 4.69. The van der Waals surface area contributed by atoms with Crippen molar-refractivity contribution >= 4 is 0 Å². The molecule has 1 heterocycles. The van der Waals surface area contributed by atoms with Gasteiger partial charge in [-0.25, -0.2) is 0 Å². The van der Waals surface area contributed by atoms with Crippen LogP contribution in [0.25, 0.3) is 0 Å². The molecule has 0 aromatic heterocycles. The number of ether oxygens (including phenoxy) is 1. The third-order valence-corrected chi connectivity index (χ3v) is 3.01. The SMILES string of the molecule is CCCCN(CCN)CC1CCCCO1. The first-order valence-corrected chi connectivity index (χ1v) is 6.40. The molecule has 1 saturated heterocycles. The topological polar surface area (TPSA) is 38.5 Å². The maximum absolute atomic E-state index is 5.75. The van der Waals surface area contributed by atoms with Crippen molar-refractivity contribution in [3.8, 4) is 0 Å². The van der Waals surface area contributed by atoms with Crippen LogP contribution in [-0.2, 0) is 4.74 Å². The van der Waals surface area contributed by atoms with E-state index >= 15 is 0 Å². The van der Waals surface area contributed by atoms with Crippen molar-refractivity contribution in [3.05, 3.63) is 0 Å². The number of nitrogens with two attached hydrogens (primary N) is 1. The van der Waals surface area contributed by atoms with Gasteiger partial charge in [0.1, 0.15) is 0 Å². The van der Waals surface area contributed by atoms with Crippen LogP contribution in [0, 0.1) is 0 Å². The number of nitrogens with zero attached hydrogens (tertiary/aromatic N) is 1. The third-order valence-electron chi connectivity index (χ3n) is 3.01. The van der Waals surface area contributed by atoms with Gasteiger partial charge >= 0.3 is 0 Å². The molecule has 15 heavy (non-hydrogen) atoms. The summed E-state index contributed by atoms with van der Waals surface area (Å²) in [5.41, 5.74) is 5.62. The van der Waals surface area contributed by atoms with Gasteiger partial charge in [0.25, 0.3) is 0 Å². The van der Waals surface area contributed by atoms with Crippen molar-refractivity contribution in [2.45, 2.75) is 45.1 Å². The van der Waals surface area contributed by atoms with Crippen LogP contribution in [0.3, 0.4) is 0 Å². The molecule has 1 aliphatic rings. The summed E-state index contributed by atoms with van der Waals surface area (Å²) in [4.78, 5) is 2.46. The van der Waals surface area contributed by atoms with Gasteiger partial charge in [0.05, 0.1) is 6.10 Å². The van der Waals surface area contributed by atoms with E-state index < -0.39 is 0 Å². The lowest BCUT2D eigenvalue weighted by molar-refractivity contribution is -0.00536. The van der Waals surface area contributed by atoms with E-state index in [1.807, 2.05) is 0 Å². The second-order valence-electron chi connectivity index (χ2n) is 4.43. The summed E-state index contributed by atoms with van der Waals surface area (Å²) in [6.07, 6.45) is 6.78. The largest absolute Gasteiger partial charge is 0.377 e. The second-order valence-corrected chi connectivity index (χ2v) is 4.43. The van der Waals surface area contributed by atoms with E-state index in [1.54, 1.807) is 0 Å². The molecule has 0 aromatic carbocycles. The van der Waals surface area contributed by atoms with Crippen molar-refractivity contribution in [2.24, 2.45) is 5.73 Å². The number of hydrogen-bond donors (Lipinski definition) is 1. The molecule has 0 aliphatic carbocycles. The lowest BCUT2D eigenvalue weighted by Crippen LogP contribution is -2.39. The highest BCUT2D eigenvalue weighted by atomic mass is 16.5. The molecule has 1 fully saturated rings. The quantitative estimate of drug-likeness (QED) is 0.700. The molecule has 0 amide bonds. The van der Waals surface area contributed by atoms with E-state index in [0.717, 1.165) is 26.2 Å². The predicted octanol–water partition coefficient (Wildman–Crippen LogP) is 1.62. The van der Waals surface area contributed by atoms with Gasteiger partial charge in [-0.1, -0.05) is 13.3 Å². The van der Waals surface area contributed by atoms with E-state index in [2.05, 4.69) is 11.8 Å². The minimum Gasteiger partial charge on any atom is -0.377 e. The zero-order valence-corrected chi connectivity index (χ0v) is 10.1. The maximum Gasteiger partial charge on any atom is 0.0702 e. The van der Waals surface area contributed by atoms with Gasteiger partial charge in [-0.2, -0.15) is 0 Å². The Labute approximate surface area is 94.0 Å². The van der Waals surface area contributed by atoms with Crippen molar-refractivity contribution in [1.82, 2.24) is 4.90 Å². The molecule has 1 unspecified atom stereocenters. The van der Waals surface area contributed by atoms with E-state index in [9.17, 15) is 0 Å². The van der Waals surface area contributed by atoms with Crippen LogP contribution in [0.1, 0.15) is 39.0 Å². The van der Waals surface area contributed by atoms with Crippen LogP contribution >= 0.6 is 0 Å². The summed E-state index contributed by atoms with van der Waals surface area (Å²) in [6.45, 7) is 7.22. The van der Waals surface area contributed by atoms with E-state index in [1.165, 1.54) is 38.6 Å². The van der Waals surface area contributed by atoms with Crippen LogP contribution in [0.15, 0.2) is 0 Å². The Morgan fingerprint density at radius 1 is 1.33 bits per heavy atom. The first kappa shape index (κ1) is 12.9. The first-order chi connectivity index (χ1) is 7.36. The van der Waals surface area contributed by atoms with Gasteiger partial charge in [-0.15, -0.1) is 0 Å². The van der Waals surface area contributed by atoms with E-state index in [4.69, 9.17) is 10.5 Å². The molecule has 0 saturated carbocycles. The summed E-state index contributed by atoms with van der Waals surface area (Å²) >= 11 is 0. The molecule has 0 spiro atoms. The standard InChI is InChI=1S/C12H26N2O/c1-2-3-8-14(9-7-13)11-12-6-4-5-10-15-12/h12H,2-11,13H2,1H3. The van der Waals surface area contributed by atoms with Gasteiger partial charge in [-0.3, -0.25) is 4.90 Å². The molecule has 3 heteroatoms. The summed E-state index contributed by atoms with van der Waals surface area (Å²) in [5.74, 6) is 0. The lowest BCUT2D eigenvalue weighted by atomic mass is 10.1. The van der Waals surface area contributed by atoms with Crippen LogP contribution in [0.5, 0.6) is 0 Å². The number of rotatable bonds is 7. The smallest absolute Gasteiger partial charge is 0.0702 e. The van der Waals surface area contributed by atoms with Gasteiger partial charge < -0.3 is 10.5 Å². The Morgan fingerprint density at radius 3 is 2.80 bits per heavy atom. The molecule has 3 nitrogen and oxygen atoms in total. The van der Waals surface area contributed by atoms with Crippen LogP contribution < -0.4 is 5.73 Å². The van der Waals surface area contributed by atoms with Gasteiger partial charge in [-0.05, 0) is 32.2 Å². The van der Waals surface area contributed by atoms with Crippen molar-refractivity contribution in [3.63, 3.8) is 0 Å². The van der Waals surface area contributed by atoms with Crippen molar-refractivity contribution in [1.29, 1.82) is 0 Å². The fourth-order valence-corrected chi connectivity index (χ4v) is 2.10. The highest BCUT2D eigenvalue weighted by Crippen LogP contribution is 2.13. The maximum atomic E-state index is 5.75. The molecule has 90 valence electrons. The van der Waals surface area contributed by atoms with Crippen LogP contribution in [-0.4, -0.2) is 43.8 Å².